The number of rotatable bonds is 6. The van der Waals surface area contributed by atoms with Gasteiger partial charge in [0.2, 0.25) is 5.12 Å². The van der Waals surface area contributed by atoms with E-state index in [4.69, 9.17) is 0 Å². The smallest absolute Gasteiger partial charge is 0.231 e. The number of halogens is 1. The Hall–Kier alpha value is -2.19. The van der Waals surface area contributed by atoms with Crippen LogP contribution in [0.5, 0.6) is 0 Å². The average molecular weight is 493 g/mol. The van der Waals surface area contributed by atoms with Crippen LogP contribution in [0.25, 0.3) is 0 Å². The van der Waals surface area contributed by atoms with E-state index in [9.17, 15) is 4.79 Å². The van der Waals surface area contributed by atoms with Crippen LogP contribution < -0.4 is 32.9 Å². The van der Waals surface area contributed by atoms with Gasteiger partial charge in [0.05, 0.1) is 0 Å². The van der Waals surface area contributed by atoms with Crippen LogP contribution in [-0.2, 0) is 4.79 Å². The molecule has 30 heavy (non-hydrogen) atoms. The summed E-state index contributed by atoms with van der Waals surface area (Å²) in [5.74, 6) is 0. The van der Waals surface area contributed by atoms with Gasteiger partial charge in [0.25, 0.3) is 0 Å². The highest BCUT2D eigenvalue weighted by molar-refractivity contribution is 8.15. The predicted octanol–water partition coefficient (Wildman–Crippen LogP) is 2.30. The number of thioether (sulfide) groups is 1. The lowest BCUT2D eigenvalue weighted by Gasteiger charge is -2.26. The Morgan fingerprint density at radius 1 is 0.567 bits per heavy atom. The third-order valence-corrected chi connectivity index (χ3v) is 10.3. The highest BCUT2D eigenvalue weighted by Gasteiger charge is 2.47. The van der Waals surface area contributed by atoms with E-state index in [-0.39, 0.29) is 22.1 Å². The largest absolute Gasteiger partial charge is 1.00 e. The molecule has 0 aliphatic rings. The fraction of sp³-hybridized carbons (Fsp3) is 0.0385. The Balaban J connectivity index is 0.00000256. The summed E-state index contributed by atoms with van der Waals surface area (Å²) in [5, 5.41) is 3.90. The van der Waals surface area contributed by atoms with Gasteiger partial charge in [-0.1, -0.05) is 72.8 Å². The zero-order valence-corrected chi connectivity index (χ0v) is 19.7. The minimum Gasteiger partial charge on any atom is -1.00 e. The molecular formula is C26H22BrOPS. The Bertz CT molecular complexity index is 961. The Kier molecular flexibility index (Phi) is 8.04. The molecule has 0 aliphatic carbocycles. The van der Waals surface area contributed by atoms with Gasteiger partial charge in [-0.3, -0.25) is 4.79 Å². The zero-order chi connectivity index (χ0) is 19.9. The van der Waals surface area contributed by atoms with E-state index in [2.05, 4.69) is 72.8 Å². The number of carbonyl (C=O) groups is 1. The highest BCUT2D eigenvalue weighted by Crippen LogP contribution is 2.56. The van der Waals surface area contributed by atoms with E-state index in [1.807, 2.05) is 48.5 Å². The molecule has 4 rings (SSSR count). The Labute approximate surface area is 193 Å². The second-order valence-corrected chi connectivity index (χ2v) is 11.4. The van der Waals surface area contributed by atoms with Crippen molar-refractivity contribution in [1.29, 1.82) is 0 Å². The summed E-state index contributed by atoms with van der Waals surface area (Å²) < 4.78 is 0. The fourth-order valence-electron chi connectivity index (χ4n) is 3.61. The fourth-order valence-corrected chi connectivity index (χ4v) is 8.88. The molecule has 1 nitrogen and oxygen atoms in total. The first-order valence-electron chi connectivity index (χ1n) is 9.60. The van der Waals surface area contributed by atoms with E-state index >= 15 is 0 Å². The van der Waals surface area contributed by atoms with Gasteiger partial charge in [0, 0.05) is 4.90 Å². The molecule has 0 unspecified atom stereocenters. The first-order chi connectivity index (χ1) is 14.3. The van der Waals surface area contributed by atoms with Gasteiger partial charge in [-0.2, -0.15) is 0 Å². The molecule has 4 aromatic rings. The van der Waals surface area contributed by atoms with Crippen LogP contribution in [0.1, 0.15) is 0 Å². The van der Waals surface area contributed by atoms with E-state index in [0.29, 0.717) is 6.16 Å². The number of hydrogen-bond donors (Lipinski definition) is 0. The maximum atomic E-state index is 13.3. The van der Waals surface area contributed by atoms with Crippen molar-refractivity contribution in [1.82, 2.24) is 0 Å². The quantitative estimate of drug-likeness (QED) is 0.303. The van der Waals surface area contributed by atoms with Crippen molar-refractivity contribution in [2.75, 3.05) is 6.16 Å². The second-order valence-electron chi connectivity index (χ2n) is 6.76. The third-order valence-electron chi connectivity index (χ3n) is 4.93. The molecule has 0 fully saturated rings. The minimum atomic E-state index is -2.12. The average Bonchev–Trinajstić information content (AvgIpc) is 2.80. The molecule has 0 heterocycles. The first kappa shape index (κ1) is 22.5. The van der Waals surface area contributed by atoms with Crippen LogP contribution in [0.4, 0.5) is 0 Å². The molecule has 0 bridgehead atoms. The van der Waals surface area contributed by atoms with Gasteiger partial charge in [0.1, 0.15) is 29.3 Å². The second kappa shape index (κ2) is 10.7. The van der Waals surface area contributed by atoms with Gasteiger partial charge >= 0.3 is 0 Å². The predicted molar refractivity (Wildman–Crippen MR) is 127 cm³/mol. The van der Waals surface area contributed by atoms with Crippen molar-refractivity contribution in [2.45, 2.75) is 4.90 Å². The van der Waals surface area contributed by atoms with Crippen molar-refractivity contribution >= 4 is 40.1 Å². The van der Waals surface area contributed by atoms with E-state index in [1.54, 1.807) is 0 Å². The van der Waals surface area contributed by atoms with E-state index < -0.39 is 7.26 Å². The summed E-state index contributed by atoms with van der Waals surface area (Å²) in [6.45, 7) is 0. The third kappa shape index (κ3) is 4.92. The van der Waals surface area contributed by atoms with Crippen molar-refractivity contribution in [3.05, 3.63) is 121 Å². The van der Waals surface area contributed by atoms with E-state index in [1.165, 1.54) is 27.7 Å². The van der Waals surface area contributed by atoms with Gasteiger partial charge in [-0.15, -0.1) is 0 Å². The van der Waals surface area contributed by atoms with Gasteiger partial charge in [0.15, 0.2) is 0 Å². The van der Waals surface area contributed by atoms with Crippen LogP contribution in [0, 0.1) is 0 Å². The zero-order valence-electron chi connectivity index (χ0n) is 16.4. The molecule has 0 saturated heterocycles. The maximum Gasteiger partial charge on any atom is 0.231 e. The summed E-state index contributed by atoms with van der Waals surface area (Å²) in [7, 11) is -2.12. The summed E-state index contributed by atoms with van der Waals surface area (Å²) in [4.78, 5) is 14.3. The van der Waals surface area contributed by atoms with Crippen molar-refractivity contribution in [2.24, 2.45) is 0 Å². The molecule has 4 aromatic carbocycles. The lowest BCUT2D eigenvalue weighted by molar-refractivity contribution is -0.108. The molecule has 0 aromatic heterocycles. The van der Waals surface area contributed by atoms with Crippen LogP contribution in [0.15, 0.2) is 126 Å². The molecule has 150 valence electrons. The molecule has 0 N–H and O–H groups in total. The number of hydrogen-bond acceptors (Lipinski definition) is 2. The summed E-state index contributed by atoms with van der Waals surface area (Å²) in [6.07, 6.45) is 0.491. The SMILES string of the molecule is O=C(C[P+](c1ccccc1)(c1ccccc1)c1ccccc1)Sc1ccccc1.[Br-]. The normalized spacial score (nSPS) is 10.8. The first-order valence-corrected chi connectivity index (χ1v) is 12.4. The van der Waals surface area contributed by atoms with Gasteiger partial charge < -0.3 is 17.0 Å². The summed E-state index contributed by atoms with van der Waals surface area (Å²) in [6, 6.07) is 41.5. The molecule has 0 amide bonds. The standard InChI is InChI=1S/C26H22OPS.BrH/c27-26(29-25-19-11-4-12-20-25)21-28(22-13-5-1-6-14-22,23-15-7-2-8-16-23)24-17-9-3-10-18-24;/h1-20H,21H2;1H/q+1;/p-1. The van der Waals surface area contributed by atoms with Crippen LogP contribution in [0.3, 0.4) is 0 Å². The highest BCUT2D eigenvalue weighted by atomic mass is 79.9. The van der Waals surface area contributed by atoms with Crippen LogP contribution in [0.2, 0.25) is 0 Å². The molecule has 0 spiro atoms. The van der Waals surface area contributed by atoms with Crippen molar-refractivity contribution < 1.29 is 21.8 Å². The molecule has 4 heteroatoms. The maximum absolute atomic E-state index is 13.3. The van der Waals surface area contributed by atoms with Gasteiger partial charge in [-0.25, -0.2) is 0 Å². The molecule has 0 atom stereocenters. The molecule has 0 aliphatic heterocycles. The van der Waals surface area contributed by atoms with Crippen LogP contribution in [-0.4, -0.2) is 11.3 Å². The van der Waals surface area contributed by atoms with Crippen molar-refractivity contribution in [3.63, 3.8) is 0 Å². The van der Waals surface area contributed by atoms with Crippen molar-refractivity contribution in [3.8, 4) is 0 Å². The Morgan fingerprint density at radius 3 is 1.27 bits per heavy atom. The monoisotopic (exact) mass is 492 g/mol. The minimum absolute atomic E-state index is 0. The topological polar surface area (TPSA) is 17.1 Å². The number of carbonyl (C=O) groups excluding carboxylic acids is 1. The summed E-state index contributed by atoms with van der Waals surface area (Å²) in [5.41, 5.74) is 0. The lowest BCUT2D eigenvalue weighted by Crippen LogP contribution is -3.00. The molecule has 0 radical (unpaired) electrons. The number of benzene rings is 4. The Morgan fingerprint density at radius 2 is 0.900 bits per heavy atom. The lowest BCUT2D eigenvalue weighted by atomic mass is 10.4. The molecule has 0 saturated carbocycles. The summed E-state index contributed by atoms with van der Waals surface area (Å²) >= 11 is 1.34. The van der Waals surface area contributed by atoms with Crippen LogP contribution >= 0.6 is 19.0 Å². The molecular weight excluding hydrogens is 471 g/mol. The van der Waals surface area contributed by atoms with Gasteiger partial charge in [-0.05, 0) is 60.3 Å². The van der Waals surface area contributed by atoms with E-state index in [0.717, 1.165) is 4.90 Å².